The minimum Gasteiger partial charge on any atom is -0.374 e. The summed E-state index contributed by atoms with van der Waals surface area (Å²) in [6, 6.07) is 9.33. The van der Waals surface area contributed by atoms with E-state index in [9.17, 15) is 9.59 Å². The van der Waals surface area contributed by atoms with Gasteiger partial charge in [-0.05, 0) is 43.7 Å². The predicted octanol–water partition coefficient (Wildman–Crippen LogP) is 2.22. The number of morpholine rings is 1. The summed E-state index contributed by atoms with van der Waals surface area (Å²) in [4.78, 5) is 26.9. The summed E-state index contributed by atoms with van der Waals surface area (Å²) in [5.41, 5.74) is 0.785. The van der Waals surface area contributed by atoms with Crippen molar-refractivity contribution in [1.82, 2.24) is 10.2 Å². The largest absolute Gasteiger partial charge is 0.374 e. The van der Waals surface area contributed by atoms with Crippen molar-refractivity contribution >= 4 is 17.6 Å². The van der Waals surface area contributed by atoms with Crippen LogP contribution in [0.2, 0.25) is 0 Å². The molecule has 2 N–H and O–H groups in total. The van der Waals surface area contributed by atoms with Gasteiger partial charge in [-0.25, -0.2) is 4.79 Å². The van der Waals surface area contributed by atoms with Crippen LogP contribution in [-0.4, -0.2) is 48.7 Å². The van der Waals surface area contributed by atoms with E-state index in [-0.39, 0.29) is 30.0 Å². The van der Waals surface area contributed by atoms with Crippen molar-refractivity contribution in [3.63, 3.8) is 0 Å². The Morgan fingerprint density at radius 1 is 1.16 bits per heavy atom. The summed E-state index contributed by atoms with van der Waals surface area (Å²) < 4.78 is 5.85. The number of benzene rings is 1. The number of carbonyl (C=O) groups is 2. The Morgan fingerprint density at radius 2 is 1.96 bits per heavy atom. The summed E-state index contributed by atoms with van der Waals surface area (Å²) >= 11 is 0. The number of ether oxygens (including phenoxy) is 1. The Labute approximate surface area is 147 Å². The van der Waals surface area contributed by atoms with Gasteiger partial charge in [-0.1, -0.05) is 18.2 Å². The topological polar surface area (TPSA) is 70.7 Å². The van der Waals surface area contributed by atoms with Crippen molar-refractivity contribution in [2.24, 2.45) is 11.8 Å². The molecule has 134 valence electrons. The highest BCUT2D eigenvalue weighted by Crippen LogP contribution is 2.35. The number of anilines is 1. The van der Waals surface area contributed by atoms with Gasteiger partial charge in [0.2, 0.25) is 5.91 Å². The van der Waals surface area contributed by atoms with E-state index < -0.39 is 0 Å². The molecule has 3 amide bonds. The third-order valence-corrected chi connectivity index (χ3v) is 5.46. The van der Waals surface area contributed by atoms with E-state index >= 15 is 0 Å². The van der Waals surface area contributed by atoms with Crippen molar-refractivity contribution in [3.05, 3.63) is 30.3 Å². The number of nitrogens with zero attached hydrogens (tertiary/aromatic N) is 1. The van der Waals surface area contributed by atoms with Crippen molar-refractivity contribution in [2.75, 3.05) is 25.0 Å². The minimum atomic E-state index is -0.108. The molecule has 6 nitrogen and oxygen atoms in total. The Balaban J connectivity index is 1.37. The molecular formula is C19H25N3O3. The van der Waals surface area contributed by atoms with Gasteiger partial charge < -0.3 is 20.3 Å². The molecule has 0 unspecified atom stereocenters. The molecule has 3 aliphatic rings. The van der Waals surface area contributed by atoms with Crippen LogP contribution in [-0.2, 0) is 9.53 Å². The van der Waals surface area contributed by atoms with E-state index in [1.165, 1.54) is 12.8 Å². The average Bonchev–Trinajstić information content (AvgIpc) is 3.36. The lowest BCUT2D eigenvalue weighted by atomic mass is 10.1. The molecule has 6 heteroatoms. The SMILES string of the molecule is O=C(NCC1CC1)[C@H]1C[C@@H]2OCCN(C(=O)Nc3ccccc3)[C@H]2C1. The second-order valence-corrected chi connectivity index (χ2v) is 7.32. The molecule has 1 aromatic carbocycles. The Morgan fingerprint density at radius 3 is 2.72 bits per heavy atom. The first-order valence-corrected chi connectivity index (χ1v) is 9.22. The molecule has 2 saturated carbocycles. The van der Waals surface area contributed by atoms with Crippen LogP contribution in [0.1, 0.15) is 25.7 Å². The highest BCUT2D eigenvalue weighted by atomic mass is 16.5. The first-order chi connectivity index (χ1) is 12.2. The van der Waals surface area contributed by atoms with Crippen LogP contribution in [0.5, 0.6) is 0 Å². The second kappa shape index (κ2) is 7.04. The summed E-state index contributed by atoms with van der Waals surface area (Å²) in [6.07, 6.45) is 3.81. The lowest BCUT2D eigenvalue weighted by Crippen LogP contribution is -2.52. The van der Waals surface area contributed by atoms with Crippen LogP contribution >= 0.6 is 0 Å². The maximum Gasteiger partial charge on any atom is 0.322 e. The second-order valence-electron chi connectivity index (χ2n) is 7.32. The van der Waals surface area contributed by atoms with E-state index in [2.05, 4.69) is 10.6 Å². The molecule has 4 rings (SSSR count). The number of hydrogen-bond acceptors (Lipinski definition) is 3. The lowest BCUT2D eigenvalue weighted by Gasteiger charge is -2.37. The first kappa shape index (κ1) is 16.4. The standard InChI is InChI=1S/C19H25N3O3/c23-18(20-12-13-6-7-13)14-10-16-17(11-14)25-9-8-22(16)19(24)21-15-4-2-1-3-5-15/h1-5,13-14,16-17H,6-12H2,(H,20,23)(H,21,24)/t14-,16+,17+/m1/s1. The van der Waals surface area contributed by atoms with Crippen LogP contribution in [0.25, 0.3) is 0 Å². The zero-order valence-corrected chi connectivity index (χ0v) is 14.3. The van der Waals surface area contributed by atoms with Crippen LogP contribution in [0.15, 0.2) is 30.3 Å². The molecule has 0 radical (unpaired) electrons. The summed E-state index contributed by atoms with van der Waals surface area (Å²) in [7, 11) is 0. The van der Waals surface area contributed by atoms with Crippen molar-refractivity contribution in [3.8, 4) is 0 Å². The van der Waals surface area contributed by atoms with Gasteiger partial charge >= 0.3 is 6.03 Å². The predicted molar refractivity (Wildman–Crippen MR) is 94.2 cm³/mol. The van der Waals surface area contributed by atoms with Crippen LogP contribution in [0.4, 0.5) is 10.5 Å². The van der Waals surface area contributed by atoms with Gasteiger partial charge in [0.1, 0.15) is 0 Å². The highest BCUT2D eigenvalue weighted by molar-refractivity contribution is 5.89. The van der Waals surface area contributed by atoms with Crippen LogP contribution in [0.3, 0.4) is 0 Å². The maximum atomic E-state index is 12.7. The van der Waals surface area contributed by atoms with E-state index in [1.54, 1.807) is 0 Å². The maximum absolute atomic E-state index is 12.7. The smallest absolute Gasteiger partial charge is 0.322 e. The van der Waals surface area contributed by atoms with Gasteiger partial charge in [-0.15, -0.1) is 0 Å². The van der Waals surface area contributed by atoms with E-state index in [0.29, 0.717) is 31.9 Å². The van der Waals surface area contributed by atoms with Gasteiger partial charge in [0.15, 0.2) is 0 Å². The van der Waals surface area contributed by atoms with Crippen molar-refractivity contribution < 1.29 is 14.3 Å². The molecule has 1 aliphatic heterocycles. The number of urea groups is 1. The van der Waals surface area contributed by atoms with Crippen LogP contribution in [0, 0.1) is 11.8 Å². The zero-order valence-electron chi connectivity index (χ0n) is 14.3. The third-order valence-electron chi connectivity index (χ3n) is 5.46. The van der Waals surface area contributed by atoms with Gasteiger partial charge in [0, 0.05) is 24.7 Å². The summed E-state index contributed by atoms with van der Waals surface area (Å²) in [5, 5.41) is 6.01. The number of fused-ring (bicyclic) bond motifs is 1. The van der Waals surface area contributed by atoms with E-state index in [1.807, 2.05) is 35.2 Å². The summed E-state index contributed by atoms with van der Waals surface area (Å²) in [6.45, 7) is 1.89. The molecule has 0 bridgehead atoms. The molecule has 3 atom stereocenters. The number of hydrogen-bond donors (Lipinski definition) is 2. The van der Waals surface area contributed by atoms with Crippen molar-refractivity contribution in [2.45, 2.75) is 37.8 Å². The normalized spacial score (nSPS) is 28.3. The van der Waals surface area contributed by atoms with Crippen LogP contribution < -0.4 is 10.6 Å². The number of amides is 3. The molecule has 25 heavy (non-hydrogen) atoms. The lowest BCUT2D eigenvalue weighted by molar-refractivity contribution is -0.125. The molecule has 2 aliphatic carbocycles. The molecule has 0 spiro atoms. The quantitative estimate of drug-likeness (QED) is 0.881. The third kappa shape index (κ3) is 3.79. The van der Waals surface area contributed by atoms with Gasteiger partial charge in [0.25, 0.3) is 0 Å². The fourth-order valence-corrected chi connectivity index (χ4v) is 3.85. The Hall–Kier alpha value is -2.08. The fraction of sp³-hybridized carbons (Fsp3) is 0.579. The molecule has 0 aromatic heterocycles. The number of carbonyl (C=O) groups excluding carboxylic acids is 2. The van der Waals surface area contributed by atoms with E-state index in [4.69, 9.17) is 4.74 Å². The first-order valence-electron chi connectivity index (χ1n) is 9.22. The Kier molecular flexibility index (Phi) is 4.61. The monoisotopic (exact) mass is 343 g/mol. The number of nitrogens with one attached hydrogen (secondary N) is 2. The average molecular weight is 343 g/mol. The molecule has 1 heterocycles. The zero-order chi connectivity index (χ0) is 17.2. The fourth-order valence-electron chi connectivity index (χ4n) is 3.85. The highest BCUT2D eigenvalue weighted by Gasteiger charge is 2.45. The van der Waals surface area contributed by atoms with Gasteiger partial charge in [0.05, 0.1) is 18.8 Å². The van der Waals surface area contributed by atoms with Crippen molar-refractivity contribution in [1.29, 1.82) is 0 Å². The molecule has 3 fully saturated rings. The number of rotatable bonds is 4. The number of para-hydroxylation sites is 1. The van der Waals surface area contributed by atoms with Gasteiger partial charge in [-0.3, -0.25) is 4.79 Å². The minimum absolute atomic E-state index is 0.0193. The van der Waals surface area contributed by atoms with E-state index in [0.717, 1.165) is 12.2 Å². The molecular weight excluding hydrogens is 318 g/mol. The Bertz CT molecular complexity index is 632. The summed E-state index contributed by atoms with van der Waals surface area (Å²) in [5.74, 6) is 0.740. The molecule has 1 aromatic rings. The van der Waals surface area contributed by atoms with Gasteiger partial charge in [-0.2, -0.15) is 0 Å². The molecule has 1 saturated heterocycles.